The van der Waals surface area contributed by atoms with E-state index in [4.69, 9.17) is 0 Å². The fraction of sp³-hybridized carbons (Fsp3) is 0.444. The van der Waals surface area contributed by atoms with Crippen molar-refractivity contribution in [2.75, 3.05) is 10.6 Å². The fourth-order valence-corrected chi connectivity index (χ4v) is 3.69. The van der Waals surface area contributed by atoms with Gasteiger partial charge >= 0.3 is 0 Å². The third-order valence-corrected chi connectivity index (χ3v) is 5.20. The Morgan fingerprint density at radius 2 is 2.08 bits per heavy atom. The first-order valence-corrected chi connectivity index (χ1v) is 9.75. The molecule has 138 valence electrons. The van der Waals surface area contributed by atoms with Crippen LogP contribution in [0.5, 0.6) is 0 Å². The van der Waals surface area contributed by atoms with E-state index in [0.29, 0.717) is 24.1 Å². The lowest BCUT2D eigenvalue weighted by Crippen LogP contribution is -2.52. The molecule has 7 nitrogen and oxygen atoms in total. The Bertz CT molecular complexity index is 765. The molecule has 1 fully saturated rings. The normalized spacial score (nSPS) is 19.3. The van der Waals surface area contributed by atoms with E-state index >= 15 is 0 Å². The number of benzene rings is 1. The maximum Gasteiger partial charge on any atom is 0.255 e. The average molecular weight is 422 g/mol. The minimum atomic E-state index is -0.657. The minimum Gasteiger partial charge on any atom is -0.326 e. The number of halogens is 1. The number of piperidine rings is 1. The Morgan fingerprint density at radius 1 is 1.27 bits per heavy atom. The zero-order valence-corrected chi connectivity index (χ0v) is 15.8. The summed E-state index contributed by atoms with van der Waals surface area (Å²) in [5.41, 5.74) is 1.82. The third-order valence-electron chi connectivity index (χ3n) is 4.64. The molecule has 0 aromatic heterocycles. The van der Waals surface area contributed by atoms with Crippen LogP contribution >= 0.6 is 15.9 Å². The van der Waals surface area contributed by atoms with Crippen LogP contribution in [0.1, 0.15) is 48.0 Å². The fourth-order valence-electron chi connectivity index (χ4n) is 3.30. The van der Waals surface area contributed by atoms with Gasteiger partial charge < -0.3 is 10.2 Å². The molecule has 1 aromatic rings. The van der Waals surface area contributed by atoms with Crippen LogP contribution < -0.4 is 10.6 Å². The summed E-state index contributed by atoms with van der Waals surface area (Å²) in [6.07, 6.45) is 2.65. The second kappa shape index (κ2) is 7.99. The van der Waals surface area contributed by atoms with E-state index < -0.39 is 11.9 Å². The number of imide groups is 1. The molecule has 4 amide bonds. The Balaban J connectivity index is 1.74. The second-order valence-electron chi connectivity index (χ2n) is 6.43. The highest BCUT2D eigenvalue weighted by Crippen LogP contribution is 2.32. The number of unbranched alkanes of at least 4 members (excludes halogenated alkanes) is 1. The molecule has 26 heavy (non-hydrogen) atoms. The molecule has 3 rings (SSSR count). The molecule has 0 aliphatic carbocycles. The largest absolute Gasteiger partial charge is 0.326 e. The molecule has 2 aliphatic rings. The van der Waals surface area contributed by atoms with Crippen LogP contribution in [0, 0.1) is 0 Å². The molecular weight excluding hydrogens is 402 g/mol. The van der Waals surface area contributed by atoms with Gasteiger partial charge in [-0.3, -0.25) is 24.5 Å². The maximum absolute atomic E-state index is 12.7. The highest BCUT2D eigenvalue weighted by molar-refractivity contribution is 9.09. The van der Waals surface area contributed by atoms with Crippen LogP contribution in [0.15, 0.2) is 18.2 Å². The number of anilines is 1. The van der Waals surface area contributed by atoms with Crippen LogP contribution in [-0.4, -0.2) is 39.9 Å². The standard InChI is InChI=1S/C18H20BrN3O4/c19-9-2-1-6-15(23)20-13-5-3-4-11-12(13)10-22(18(11)26)14-7-8-16(24)21-17(14)25/h3-5,14H,1-2,6-10H2,(H,20,23)(H,21,24,25). The first-order valence-electron chi connectivity index (χ1n) is 8.63. The topological polar surface area (TPSA) is 95.6 Å². The summed E-state index contributed by atoms with van der Waals surface area (Å²) in [6.45, 7) is 0.248. The lowest BCUT2D eigenvalue weighted by molar-refractivity contribution is -0.137. The van der Waals surface area contributed by atoms with E-state index in [0.717, 1.165) is 23.7 Å². The molecule has 0 bridgehead atoms. The summed E-state index contributed by atoms with van der Waals surface area (Å²) in [5.74, 6) is -1.09. The van der Waals surface area contributed by atoms with Gasteiger partial charge in [-0.25, -0.2) is 0 Å². The molecule has 2 heterocycles. The van der Waals surface area contributed by atoms with E-state index in [-0.39, 0.29) is 30.7 Å². The average Bonchev–Trinajstić information content (AvgIpc) is 2.93. The number of carbonyl (C=O) groups excluding carboxylic acids is 4. The van der Waals surface area contributed by atoms with Gasteiger partial charge in [0.25, 0.3) is 5.91 Å². The predicted octanol–water partition coefficient (Wildman–Crippen LogP) is 1.95. The summed E-state index contributed by atoms with van der Waals surface area (Å²) < 4.78 is 0. The molecule has 1 unspecified atom stereocenters. The number of alkyl halides is 1. The van der Waals surface area contributed by atoms with Gasteiger partial charge in [-0.1, -0.05) is 22.0 Å². The summed E-state index contributed by atoms with van der Waals surface area (Å²) in [7, 11) is 0. The van der Waals surface area contributed by atoms with E-state index in [1.54, 1.807) is 18.2 Å². The van der Waals surface area contributed by atoms with Crippen LogP contribution in [-0.2, 0) is 20.9 Å². The molecule has 1 aromatic carbocycles. The number of rotatable bonds is 6. The van der Waals surface area contributed by atoms with Crippen molar-refractivity contribution in [3.63, 3.8) is 0 Å². The van der Waals surface area contributed by atoms with Crippen LogP contribution in [0.3, 0.4) is 0 Å². The van der Waals surface area contributed by atoms with Crippen molar-refractivity contribution in [3.8, 4) is 0 Å². The third kappa shape index (κ3) is 3.80. The minimum absolute atomic E-state index is 0.0914. The van der Waals surface area contributed by atoms with Crippen molar-refractivity contribution in [1.29, 1.82) is 0 Å². The Labute approximate surface area is 159 Å². The summed E-state index contributed by atoms with van der Waals surface area (Å²) >= 11 is 3.34. The molecule has 1 atom stereocenters. The van der Waals surface area contributed by atoms with E-state index in [1.807, 2.05) is 0 Å². The Morgan fingerprint density at radius 3 is 2.81 bits per heavy atom. The summed E-state index contributed by atoms with van der Waals surface area (Å²) in [6, 6.07) is 4.53. The number of nitrogens with one attached hydrogen (secondary N) is 2. The van der Waals surface area contributed by atoms with Gasteiger partial charge in [0.05, 0.1) is 0 Å². The van der Waals surface area contributed by atoms with Crippen LogP contribution in [0.4, 0.5) is 5.69 Å². The first-order chi connectivity index (χ1) is 12.5. The quantitative estimate of drug-likeness (QED) is 0.416. The van der Waals surface area contributed by atoms with Crippen molar-refractivity contribution in [3.05, 3.63) is 29.3 Å². The van der Waals surface area contributed by atoms with Gasteiger partial charge in [0.1, 0.15) is 6.04 Å². The van der Waals surface area contributed by atoms with Gasteiger partial charge in [0.15, 0.2) is 0 Å². The monoisotopic (exact) mass is 421 g/mol. The van der Waals surface area contributed by atoms with Crippen molar-refractivity contribution in [2.45, 2.75) is 44.7 Å². The zero-order chi connectivity index (χ0) is 18.7. The molecule has 0 radical (unpaired) electrons. The van der Waals surface area contributed by atoms with Gasteiger partial charge in [0, 0.05) is 41.5 Å². The van der Waals surface area contributed by atoms with E-state index in [1.165, 1.54) is 4.90 Å². The SMILES string of the molecule is O=C1CCC(N2Cc3c(NC(=O)CCCCBr)cccc3C2=O)C(=O)N1. The highest BCUT2D eigenvalue weighted by atomic mass is 79.9. The van der Waals surface area contributed by atoms with Gasteiger partial charge in [-0.15, -0.1) is 0 Å². The van der Waals surface area contributed by atoms with Gasteiger partial charge in [0.2, 0.25) is 17.7 Å². The van der Waals surface area contributed by atoms with Crippen molar-refractivity contribution < 1.29 is 19.2 Å². The van der Waals surface area contributed by atoms with Gasteiger partial charge in [-0.05, 0) is 31.4 Å². The zero-order valence-electron chi connectivity index (χ0n) is 14.2. The lowest BCUT2D eigenvalue weighted by Gasteiger charge is -2.29. The van der Waals surface area contributed by atoms with Crippen molar-refractivity contribution >= 4 is 45.2 Å². The Hall–Kier alpha value is -2.22. The summed E-state index contributed by atoms with van der Waals surface area (Å²) in [5, 5.41) is 6.02. The molecule has 0 saturated carbocycles. The molecule has 1 saturated heterocycles. The Kier molecular flexibility index (Phi) is 5.70. The number of hydrogen-bond acceptors (Lipinski definition) is 4. The maximum atomic E-state index is 12.7. The van der Waals surface area contributed by atoms with E-state index in [2.05, 4.69) is 26.6 Å². The second-order valence-corrected chi connectivity index (χ2v) is 7.22. The number of hydrogen-bond donors (Lipinski definition) is 2. The lowest BCUT2D eigenvalue weighted by atomic mass is 10.0. The predicted molar refractivity (Wildman–Crippen MR) is 98.8 cm³/mol. The number of carbonyl (C=O) groups is 4. The molecule has 8 heteroatoms. The number of nitrogens with zero attached hydrogens (tertiary/aromatic N) is 1. The molecule has 2 aliphatic heterocycles. The molecular formula is C18H20BrN3O4. The van der Waals surface area contributed by atoms with E-state index in [9.17, 15) is 19.2 Å². The summed E-state index contributed by atoms with van der Waals surface area (Å²) in [4.78, 5) is 49.7. The smallest absolute Gasteiger partial charge is 0.255 e. The molecule has 0 spiro atoms. The highest BCUT2D eigenvalue weighted by Gasteiger charge is 2.39. The van der Waals surface area contributed by atoms with Crippen molar-refractivity contribution in [2.24, 2.45) is 0 Å². The van der Waals surface area contributed by atoms with Gasteiger partial charge in [-0.2, -0.15) is 0 Å². The first kappa shape index (κ1) is 18.6. The number of amides is 4. The number of fused-ring (bicyclic) bond motifs is 1. The molecule has 2 N–H and O–H groups in total. The van der Waals surface area contributed by atoms with Crippen LogP contribution in [0.25, 0.3) is 0 Å². The van der Waals surface area contributed by atoms with Crippen molar-refractivity contribution in [1.82, 2.24) is 10.2 Å². The van der Waals surface area contributed by atoms with Crippen LogP contribution in [0.2, 0.25) is 0 Å².